The number of carbonyl (C=O) groups excluding carboxylic acids is 1. The molecule has 0 radical (unpaired) electrons. The fraction of sp³-hybridized carbons (Fsp3) is 0.300. The molecule has 0 bridgehead atoms. The zero-order valence-electron chi connectivity index (χ0n) is 15.7. The van der Waals surface area contributed by atoms with Crippen molar-refractivity contribution < 1.29 is 23.7 Å². The van der Waals surface area contributed by atoms with Crippen LogP contribution in [0.4, 0.5) is 0 Å². The molecule has 0 aliphatic carbocycles. The minimum atomic E-state index is -0.379. The third-order valence-corrected chi connectivity index (χ3v) is 3.40. The van der Waals surface area contributed by atoms with E-state index in [1.54, 1.807) is 31.4 Å². The van der Waals surface area contributed by atoms with Gasteiger partial charge in [-0.25, -0.2) is 5.43 Å². The van der Waals surface area contributed by atoms with E-state index >= 15 is 0 Å². The summed E-state index contributed by atoms with van der Waals surface area (Å²) in [4.78, 5) is 11.9. The largest absolute Gasteiger partial charge is 0.493 e. The molecule has 144 valence electrons. The molecule has 0 heterocycles. The van der Waals surface area contributed by atoms with Gasteiger partial charge in [0.25, 0.3) is 5.91 Å². The second-order valence-electron chi connectivity index (χ2n) is 5.30. The first-order chi connectivity index (χ1) is 13.2. The maximum atomic E-state index is 11.9. The lowest BCUT2D eigenvalue weighted by Crippen LogP contribution is -2.24. The van der Waals surface area contributed by atoms with Gasteiger partial charge in [0.15, 0.2) is 29.6 Å². The highest BCUT2D eigenvalue weighted by Crippen LogP contribution is 2.27. The average molecular weight is 372 g/mol. The molecule has 2 rings (SSSR count). The van der Waals surface area contributed by atoms with E-state index in [0.717, 1.165) is 5.56 Å². The zero-order valence-corrected chi connectivity index (χ0v) is 15.7. The number of hydrazone groups is 1. The number of ether oxygens (including phenoxy) is 4. The number of carbonyl (C=O) groups is 1. The van der Waals surface area contributed by atoms with Crippen molar-refractivity contribution in [3.8, 4) is 23.0 Å². The highest BCUT2D eigenvalue weighted by molar-refractivity contribution is 5.83. The Labute approximate surface area is 158 Å². The van der Waals surface area contributed by atoms with Gasteiger partial charge in [-0.1, -0.05) is 12.1 Å². The quantitative estimate of drug-likeness (QED) is 0.512. The first kappa shape index (κ1) is 20.1. The van der Waals surface area contributed by atoms with E-state index < -0.39 is 0 Å². The van der Waals surface area contributed by atoms with E-state index in [1.165, 1.54) is 6.21 Å². The third kappa shape index (κ3) is 6.22. The van der Waals surface area contributed by atoms with Crippen molar-refractivity contribution in [2.45, 2.75) is 13.8 Å². The summed E-state index contributed by atoms with van der Waals surface area (Å²) in [5, 5.41) is 3.93. The van der Waals surface area contributed by atoms with Gasteiger partial charge in [-0.3, -0.25) is 4.79 Å². The van der Waals surface area contributed by atoms with Crippen molar-refractivity contribution in [1.29, 1.82) is 0 Å². The standard InChI is InChI=1S/C20H24N2O5/c1-4-25-16-8-6-7-9-17(16)27-14-20(23)22-21-13-15-10-11-18(26-5-2)19(12-15)24-3/h6-13H,4-5,14H2,1-3H3,(H,22,23). The summed E-state index contributed by atoms with van der Waals surface area (Å²) in [6.45, 7) is 4.68. The van der Waals surface area contributed by atoms with Gasteiger partial charge in [0.2, 0.25) is 0 Å². The van der Waals surface area contributed by atoms with E-state index in [4.69, 9.17) is 18.9 Å². The van der Waals surface area contributed by atoms with Gasteiger partial charge in [-0.05, 0) is 49.7 Å². The van der Waals surface area contributed by atoms with Crippen molar-refractivity contribution in [1.82, 2.24) is 5.43 Å². The van der Waals surface area contributed by atoms with Crippen LogP contribution in [0.15, 0.2) is 47.6 Å². The fourth-order valence-electron chi connectivity index (χ4n) is 2.24. The summed E-state index contributed by atoms with van der Waals surface area (Å²) in [6.07, 6.45) is 1.52. The van der Waals surface area contributed by atoms with Gasteiger partial charge >= 0.3 is 0 Å². The first-order valence-electron chi connectivity index (χ1n) is 8.65. The van der Waals surface area contributed by atoms with Gasteiger partial charge in [0, 0.05) is 0 Å². The lowest BCUT2D eigenvalue weighted by molar-refractivity contribution is -0.123. The molecule has 0 spiro atoms. The lowest BCUT2D eigenvalue weighted by atomic mass is 10.2. The molecule has 2 aromatic rings. The Morgan fingerprint density at radius 2 is 1.59 bits per heavy atom. The Morgan fingerprint density at radius 1 is 0.963 bits per heavy atom. The number of hydrogen-bond acceptors (Lipinski definition) is 6. The summed E-state index contributed by atoms with van der Waals surface area (Å²) in [5.41, 5.74) is 3.18. The van der Waals surface area contributed by atoms with Gasteiger partial charge in [-0.2, -0.15) is 5.10 Å². The first-order valence-corrected chi connectivity index (χ1v) is 8.65. The second-order valence-corrected chi connectivity index (χ2v) is 5.30. The molecular formula is C20H24N2O5. The van der Waals surface area contributed by atoms with Gasteiger partial charge in [0.1, 0.15) is 0 Å². The second kappa shape index (κ2) is 10.7. The molecule has 0 atom stereocenters. The average Bonchev–Trinajstić information content (AvgIpc) is 2.68. The highest BCUT2D eigenvalue weighted by Gasteiger charge is 2.07. The van der Waals surface area contributed by atoms with Crippen LogP contribution in [0, 0.1) is 0 Å². The van der Waals surface area contributed by atoms with Crippen molar-refractivity contribution in [3.05, 3.63) is 48.0 Å². The molecule has 0 aromatic heterocycles. The van der Waals surface area contributed by atoms with Crippen LogP contribution in [0.5, 0.6) is 23.0 Å². The number of para-hydroxylation sites is 2. The van der Waals surface area contributed by atoms with Crippen molar-refractivity contribution >= 4 is 12.1 Å². The minimum absolute atomic E-state index is 0.173. The number of methoxy groups -OCH3 is 1. The molecule has 2 aromatic carbocycles. The van der Waals surface area contributed by atoms with Crippen molar-refractivity contribution in [2.24, 2.45) is 5.10 Å². The Morgan fingerprint density at radius 3 is 2.22 bits per heavy atom. The Hall–Kier alpha value is -3.22. The summed E-state index contributed by atoms with van der Waals surface area (Å²) in [6, 6.07) is 12.6. The summed E-state index contributed by atoms with van der Waals surface area (Å²) >= 11 is 0. The van der Waals surface area contributed by atoms with E-state index in [0.29, 0.717) is 36.2 Å². The fourth-order valence-corrected chi connectivity index (χ4v) is 2.24. The zero-order chi connectivity index (χ0) is 19.5. The van der Waals surface area contributed by atoms with Crippen LogP contribution in [0.3, 0.4) is 0 Å². The van der Waals surface area contributed by atoms with Crippen LogP contribution < -0.4 is 24.4 Å². The predicted molar refractivity (Wildman–Crippen MR) is 103 cm³/mol. The maximum absolute atomic E-state index is 11.9. The maximum Gasteiger partial charge on any atom is 0.277 e. The monoisotopic (exact) mass is 372 g/mol. The molecule has 0 saturated carbocycles. The Bertz CT molecular complexity index is 777. The number of amides is 1. The predicted octanol–water partition coefficient (Wildman–Crippen LogP) is 3.02. The summed E-state index contributed by atoms with van der Waals surface area (Å²) in [5.74, 6) is 1.98. The van der Waals surface area contributed by atoms with Crippen molar-refractivity contribution in [2.75, 3.05) is 26.9 Å². The molecule has 27 heavy (non-hydrogen) atoms. The number of hydrogen-bond donors (Lipinski definition) is 1. The van der Waals surface area contributed by atoms with Crippen LogP contribution in [-0.4, -0.2) is 39.1 Å². The normalized spacial score (nSPS) is 10.5. The number of benzene rings is 2. The van der Waals surface area contributed by atoms with Crippen LogP contribution >= 0.6 is 0 Å². The SMILES string of the molecule is CCOc1ccc(C=NNC(=O)COc2ccccc2OCC)cc1OC. The van der Waals surface area contributed by atoms with E-state index in [1.807, 2.05) is 32.0 Å². The molecule has 0 saturated heterocycles. The molecule has 0 fully saturated rings. The Balaban J connectivity index is 1.88. The number of rotatable bonds is 10. The molecule has 1 N–H and O–H groups in total. The molecule has 0 aliphatic heterocycles. The van der Waals surface area contributed by atoms with E-state index in [2.05, 4.69) is 10.5 Å². The molecule has 7 heteroatoms. The third-order valence-electron chi connectivity index (χ3n) is 3.40. The smallest absolute Gasteiger partial charge is 0.277 e. The number of nitrogens with zero attached hydrogens (tertiary/aromatic N) is 1. The van der Waals surface area contributed by atoms with Gasteiger partial charge in [-0.15, -0.1) is 0 Å². The molecule has 0 aliphatic rings. The Kier molecular flexibility index (Phi) is 7.96. The molecule has 0 unspecified atom stereocenters. The minimum Gasteiger partial charge on any atom is -0.493 e. The van der Waals surface area contributed by atoms with E-state index in [-0.39, 0.29) is 12.5 Å². The van der Waals surface area contributed by atoms with Gasteiger partial charge in [0.05, 0.1) is 26.5 Å². The highest BCUT2D eigenvalue weighted by atomic mass is 16.5. The summed E-state index contributed by atoms with van der Waals surface area (Å²) < 4.78 is 21.7. The topological polar surface area (TPSA) is 78.4 Å². The molecule has 7 nitrogen and oxygen atoms in total. The van der Waals surface area contributed by atoms with Crippen LogP contribution in [-0.2, 0) is 4.79 Å². The van der Waals surface area contributed by atoms with Gasteiger partial charge < -0.3 is 18.9 Å². The number of nitrogens with one attached hydrogen (secondary N) is 1. The molecular weight excluding hydrogens is 348 g/mol. The summed E-state index contributed by atoms with van der Waals surface area (Å²) in [7, 11) is 1.57. The van der Waals surface area contributed by atoms with Crippen LogP contribution in [0.2, 0.25) is 0 Å². The van der Waals surface area contributed by atoms with Crippen molar-refractivity contribution in [3.63, 3.8) is 0 Å². The van der Waals surface area contributed by atoms with Crippen LogP contribution in [0.1, 0.15) is 19.4 Å². The van der Waals surface area contributed by atoms with E-state index in [9.17, 15) is 4.79 Å². The van der Waals surface area contributed by atoms with Crippen LogP contribution in [0.25, 0.3) is 0 Å². The lowest BCUT2D eigenvalue weighted by Gasteiger charge is -2.10. The molecule has 1 amide bonds.